The van der Waals surface area contributed by atoms with Gasteiger partial charge in [-0.1, -0.05) is 29.5 Å². The van der Waals surface area contributed by atoms with Crippen molar-refractivity contribution in [1.29, 1.82) is 0 Å². The highest BCUT2D eigenvalue weighted by atomic mass is 32.1. The third kappa shape index (κ3) is 4.61. The van der Waals surface area contributed by atoms with E-state index in [-0.39, 0.29) is 18.1 Å². The second-order valence-electron chi connectivity index (χ2n) is 6.61. The molecule has 142 valence electrons. The molecule has 0 fully saturated rings. The van der Waals surface area contributed by atoms with Crippen LogP contribution < -0.4 is 14.5 Å². The molecule has 0 aliphatic heterocycles. The van der Waals surface area contributed by atoms with Gasteiger partial charge in [0.1, 0.15) is 17.1 Å². The molecule has 27 heavy (non-hydrogen) atoms. The fourth-order valence-corrected chi connectivity index (χ4v) is 3.72. The molecule has 5 nitrogen and oxygen atoms in total. The van der Waals surface area contributed by atoms with Crippen LogP contribution in [0.3, 0.4) is 0 Å². The molecule has 0 unspecified atom stereocenters. The molecular formula is C20H23FN3O2S+. The van der Waals surface area contributed by atoms with Crippen LogP contribution in [0.4, 0.5) is 9.52 Å². The molecule has 0 aliphatic rings. The Kier molecular flexibility index (Phi) is 6.03. The Morgan fingerprint density at radius 3 is 2.59 bits per heavy atom. The zero-order valence-corrected chi connectivity index (χ0v) is 16.5. The third-order valence-corrected chi connectivity index (χ3v) is 5.28. The fraction of sp³-hybridized carbons (Fsp3) is 0.300. The molecule has 0 spiro atoms. The number of nitrogens with one attached hydrogen (secondary N) is 1. The molecule has 0 radical (unpaired) electrons. The molecule has 0 saturated heterocycles. The quantitative estimate of drug-likeness (QED) is 0.675. The van der Waals surface area contributed by atoms with Gasteiger partial charge in [-0.15, -0.1) is 0 Å². The van der Waals surface area contributed by atoms with Crippen LogP contribution in [0.2, 0.25) is 0 Å². The summed E-state index contributed by atoms with van der Waals surface area (Å²) in [4.78, 5) is 20.3. The van der Waals surface area contributed by atoms with Crippen molar-refractivity contribution in [3.63, 3.8) is 0 Å². The average Bonchev–Trinajstić information content (AvgIpc) is 3.07. The molecule has 0 atom stereocenters. The maximum absolute atomic E-state index is 14.0. The molecule has 3 aromatic rings. The molecule has 7 heteroatoms. The lowest BCUT2D eigenvalue weighted by atomic mass is 10.1. The third-order valence-electron chi connectivity index (χ3n) is 4.24. The van der Waals surface area contributed by atoms with E-state index in [1.54, 1.807) is 18.1 Å². The second-order valence-corrected chi connectivity index (χ2v) is 7.62. The van der Waals surface area contributed by atoms with Gasteiger partial charge in [0.2, 0.25) is 5.91 Å². The molecule has 3 rings (SSSR count). The molecule has 0 saturated carbocycles. The lowest BCUT2D eigenvalue weighted by Gasteiger charge is -2.20. The van der Waals surface area contributed by atoms with E-state index in [0.717, 1.165) is 22.6 Å². The lowest BCUT2D eigenvalue weighted by molar-refractivity contribution is -0.856. The first kappa shape index (κ1) is 19.3. The number of benzene rings is 2. The van der Waals surface area contributed by atoms with Crippen molar-refractivity contribution < 1.29 is 18.8 Å². The summed E-state index contributed by atoms with van der Waals surface area (Å²) in [6.45, 7) is 1.30. The minimum Gasteiger partial charge on any atom is -0.497 e. The number of para-hydroxylation sites is 1. The van der Waals surface area contributed by atoms with Gasteiger partial charge in [-0.25, -0.2) is 9.37 Å². The van der Waals surface area contributed by atoms with Crippen molar-refractivity contribution in [3.05, 3.63) is 53.8 Å². The highest BCUT2D eigenvalue weighted by Crippen LogP contribution is 2.30. The predicted octanol–water partition coefficient (Wildman–Crippen LogP) is 2.16. The first-order valence-electron chi connectivity index (χ1n) is 8.75. The Morgan fingerprint density at radius 2 is 1.96 bits per heavy atom. The van der Waals surface area contributed by atoms with Gasteiger partial charge in [-0.3, -0.25) is 9.69 Å². The van der Waals surface area contributed by atoms with E-state index in [2.05, 4.69) is 4.98 Å². The van der Waals surface area contributed by atoms with Gasteiger partial charge >= 0.3 is 0 Å². The smallest absolute Gasteiger partial charge is 0.233 e. The number of hydrogen-bond donors (Lipinski definition) is 1. The van der Waals surface area contributed by atoms with Crippen molar-refractivity contribution in [2.45, 2.75) is 6.42 Å². The van der Waals surface area contributed by atoms with Gasteiger partial charge in [-0.05, 0) is 29.8 Å². The minimum atomic E-state index is -0.365. The number of ether oxygens (including phenoxy) is 1. The summed E-state index contributed by atoms with van der Waals surface area (Å²) < 4.78 is 19.9. The van der Waals surface area contributed by atoms with Gasteiger partial charge in [0, 0.05) is 0 Å². The molecular weight excluding hydrogens is 365 g/mol. The van der Waals surface area contributed by atoms with E-state index in [1.807, 2.05) is 44.4 Å². The van der Waals surface area contributed by atoms with E-state index in [1.165, 1.54) is 22.3 Å². The molecule has 0 bridgehead atoms. The zero-order chi connectivity index (χ0) is 19.4. The number of anilines is 1. The summed E-state index contributed by atoms with van der Waals surface area (Å²) in [5.74, 6) is 0.331. The standard InChI is InChI=1S/C20H22FN3O2S/c1-23(2)11-12-24(18(25)13-14-7-9-15(26-3)10-8-14)20-22-19-16(21)5-4-6-17(19)27-20/h4-10H,11-13H2,1-3H3/p+1. The number of carbonyl (C=O) groups is 1. The van der Waals surface area contributed by atoms with Gasteiger partial charge in [-0.2, -0.15) is 0 Å². The Labute approximate surface area is 162 Å². The first-order chi connectivity index (χ1) is 13.0. The molecule has 1 N–H and O–H groups in total. The molecule has 1 heterocycles. The van der Waals surface area contributed by atoms with E-state index < -0.39 is 0 Å². The van der Waals surface area contributed by atoms with Crippen LogP contribution >= 0.6 is 11.3 Å². The largest absolute Gasteiger partial charge is 0.497 e. The van der Waals surface area contributed by atoms with Crippen LogP contribution in [0, 0.1) is 5.82 Å². The Morgan fingerprint density at radius 1 is 1.22 bits per heavy atom. The van der Waals surface area contributed by atoms with Gasteiger partial charge in [0.15, 0.2) is 5.13 Å². The summed E-state index contributed by atoms with van der Waals surface area (Å²) in [5.41, 5.74) is 1.22. The highest BCUT2D eigenvalue weighted by Gasteiger charge is 2.21. The zero-order valence-electron chi connectivity index (χ0n) is 15.7. The number of aromatic nitrogens is 1. The number of nitrogens with zero attached hydrogens (tertiary/aromatic N) is 2. The summed E-state index contributed by atoms with van der Waals surface area (Å²) in [7, 11) is 5.67. The normalized spacial score (nSPS) is 11.1. The number of likely N-dealkylation sites (N-methyl/N-ethyl adjacent to an activating group) is 1. The monoisotopic (exact) mass is 388 g/mol. The topological polar surface area (TPSA) is 46.9 Å². The summed E-state index contributed by atoms with van der Waals surface area (Å²) in [5, 5.41) is 0.537. The van der Waals surface area contributed by atoms with E-state index in [0.29, 0.717) is 17.2 Å². The van der Waals surface area contributed by atoms with Crippen molar-refractivity contribution in [1.82, 2.24) is 4.98 Å². The van der Waals surface area contributed by atoms with Crippen LogP contribution in [-0.2, 0) is 11.2 Å². The van der Waals surface area contributed by atoms with Crippen LogP contribution in [0.15, 0.2) is 42.5 Å². The number of quaternary nitrogens is 1. The number of halogens is 1. The van der Waals surface area contributed by atoms with Crippen molar-refractivity contribution in [3.8, 4) is 5.75 Å². The van der Waals surface area contributed by atoms with E-state index in [9.17, 15) is 9.18 Å². The van der Waals surface area contributed by atoms with Crippen LogP contribution in [0.5, 0.6) is 5.75 Å². The highest BCUT2D eigenvalue weighted by molar-refractivity contribution is 7.22. The van der Waals surface area contributed by atoms with Crippen molar-refractivity contribution in [2.24, 2.45) is 0 Å². The van der Waals surface area contributed by atoms with Crippen LogP contribution in [0.1, 0.15) is 5.56 Å². The number of methoxy groups -OCH3 is 1. The van der Waals surface area contributed by atoms with Crippen molar-refractivity contribution in [2.75, 3.05) is 39.2 Å². The SMILES string of the molecule is COc1ccc(CC(=O)N(CC[NH+](C)C)c2nc3c(F)cccc3s2)cc1. The Balaban J connectivity index is 1.86. The Bertz CT molecular complexity index is 925. The molecule has 1 amide bonds. The number of fused-ring (bicyclic) bond motifs is 1. The Hall–Kier alpha value is -2.51. The molecule has 1 aromatic heterocycles. The fourth-order valence-electron chi connectivity index (χ4n) is 2.69. The summed E-state index contributed by atoms with van der Waals surface area (Å²) in [6.07, 6.45) is 0.255. The lowest BCUT2D eigenvalue weighted by Crippen LogP contribution is -3.06. The van der Waals surface area contributed by atoms with Crippen LogP contribution in [-0.4, -0.2) is 45.2 Å². The predicted molar refractivity (Wildman–Crippen MR) is 106 cm³/mol. The molecule has 0 aliphatic carbocycles. The van der Waals surface area contributed by atoms with Gasteiger partial charge in [0.05, 0.1) is 45.4 Å². The maximum Gasteiger partial charge on any atom is 0.233 e. The van der Waals surface area contributed by atoms with E-state index >= 15 is 0 Å². The second kappa shape index (κ2) is 8.45. The first-order valence-corrected chi connectivity index (χ1v) is 9.57. The van der Waals surface area contributed by atoms with Gasteiger partial charge < -0.3 is 9.64 Å². The average molecular weight is 388 g/mol. The number of rotatable bonds is 7. The summed E-state index contributed by atoms with van der Waals surface area (Å²) >= 11 is 1.34. The summed E-state index contributed by atoms with van der Waals surface area (Å²) in [6, 6.07) is 12.3. The van der Waals surface area contributed by atoms with Gasteiger partial charge in [0.25, 0.3) is 0 Å². The number of carbonyl (C=O) groups excluding carboxylic acids is 1. The maximum atomic E-state index is 14.0. The number of hydrogen-bond acceptors (Lipinski definition) is 4. The van der Waals surface area contributed by atoms with Crippen molar-refractivity contribution >= 4 is 32.6 Å². The number of amides is 1. The minimum absolute atomic E-state index is 0.0547. The number of thiazole rings is 1. The molecule has 2 aromatic carbocycles. The van der Waals surface area contributed by atoms with Crippen LogP contribution in [0.25, 0.3) is 10.2 Å². The van der Waals surface area contributed by atoms with E-state index in [4.69, 9.17) is 4.74 Å².